The third kappa shape index (κ3) is 9.83. The summed E-state index contributed by atoms with van der Waals surface area (Å²) in [7, 11) is 0. The van der Waals surface area contributed by atoms with Crippen LogP contribution < -0.4 is 14.9 Å². The number of benzene rings is 3. The number of rotatable bonds is 12. The quantitative estimate of drug-likeness (QED) is 0.0406. The van der Waals surface area contributed by atoms with Crippen molar-refractivity contribution in [2.24, 2.45) is 0 Å². The van der Waals surface area contributed by atoms with Crippen molar-refractivity contribution in [1.29, 1.82) is 0 Å². The SMILES string of the molecule is C[C@@H]1O[C@@H](Oc2cc(O)c3c(=O)c(O[C@@H]4O[C@H](CO)[C@@H](O)[C@H](O)[C@H]4O[C@@H]4O[C@H](COC(=O)/C=C/c5ccc(O)c(O)c5)[C@@H](O)[C@H](O)[C@H]4O)c(-c4ccc(O)cc4)oc3c2)[C@H](O)[C@H](O)[C@H]1O. The highest BCUT2D eigenvalue weighted by Crippen LogP contribution is 2.39. The van der Waals surface area contributed by atoms with E-state index in [1.54, 1.807) is 0 Å². The maximum Gasteiger partial charge on any atom is 0.330 e. The van der Waals surface area contributed by atoms with Crippen molar-refractivity contribution >= 4 is 23.0 Å². The summed E-state index contributed by atoms with van der Waals surface area (Å²) in [6.45, 7) is -0.266. The molecule has 0 aliphatic carbocycles. The fourth-order valence-corrected chi connectivity index (χ4v) is 7.24. The van der Waals surface area contributed by atoms with Crippen molar-refractivity contribution in [3.05, 3.63) is 76.5 Å². The zero-order valence-corrected chi connectivity index (χ0v) is 33.8. The number of carbonyl (C=O) groups is 1. The number of hydrogen-bond acceptors (Lipinski definition) is 23. The van der Waals surface area contributed by atoms with E-state index in [0.29, 0.717) is 5.56 Å². The number of fused-ring (bicyclic) bond motifs is 1. The molecule has 0 amide bonds. The first-order valence-corrected chi connectivity index (χ1v) is 19.9. The Hall–Kier alpha value is -5.64. The molecule has 0 bridgehead atoms. The fourth-order valence-electron chi connectivity index (χ4n) is 7.24. The van der Waals surface area contributed by atoms with Crippen molar-refractivity contribution in [2.75, 3.05) is 13.2 Å². The van der Waals surface area contributed by atoms with Gasteiger partial charge in [0.05, 0.1) is 12.7 Å². The van der Waals surface area contributed by atoms with Crippen LogP contribution in [0.25, 0.3) is 28.4 Å². The molecule has 352 valence electrons. The van der Waals surface area contributed by atoms with E-state index >= 15 is 0 Å². The lowest BCUT2D eigenvalue weighted by atomic mass is 9.97. The summed E-state index contributed by atoms with van der Waals surface area (Å²) in [5, 5.41) is 135. The lowest BCUT2D eigenvalue weighted by Crippen LogP contribution is -2.65. The number of carbonyl (C=O) groups excluding carboxylic acids is 1. The molecule has 23 nitrogen and oxygen atoms in total. The number of ether oxygens (including phenoxy) is 7. The number of aromatic hydroxyl groups is 4. The number of hydrogen-bond donors (Lipinski definition) is 13. The van der Waals surface area contributed by atoms with Gasteiger partial charge in [-0.25, -0.2) is 4.79 Å². The van der Waals surface area contributed by atoms with Gasteiger partial charge in [-0.05, 0) is 55.0 Å². The molecule has 65 heavy (non-hydrogen) atoms. The third-order valence-corrected chi connectivity index (χ3v) is 10.9. The van der Waals surface area contributed by atoms with Crippen LogP contribution in [0.5, 0.6) is 34.5 Å². The Morgan fingerprint density at radius 3 is 2.03 bits per heavy atom. The number of phenols is 4. The summed E-state index contributed by atoms with van der Waals surface area (Å²) in [6.07, 6.45) is -24.6. The first-order valence-electron chi connectivity index (χ1n) is 19.9. The summed E-state index contributed by atoms with van der Waals surface area (Å²) in [6, 6.07) is 10.8. The van der Waals surface area contributed by atoms with Crippen LogP contribution in [-0.4, -0.2) is 178 Å². The average molecular weight is 919 g/mol. The number of phenolic OH excluding ortho intramolecular Hbond substituents is 4. The second-order valence-corrected chi connectivity index (χ2v) is 15.4. The minimum atomic E-state index is -2.09. The monoisotopic (exact) mass is 918 g/mol. The van der Waals surface area contributed by atoms with Crippen LogP contribution in [0.2, 0.25) is 0 Å². The highest BCUT2D eigenvalue weighted by molar-refractivity contribution is 5.88. The van der Waals surface area contributed by atoms with Crippen molar-refractivity contribution in [1.82, 2.24) is 0 Å². The van der Waals surface area contributed by atoms with E-state index in [-0.39, 0.29) is 22.6 Å². The van der Waals surface area contributed by atoms with E-state index in [0.717, 1.165) is 24.3 Å². The zero-order chi connectivity index (χ0) is 47.0. The van der Waals surface area contributed by atoms with Gasteiger partial charge in [0.2, 0.25) is 23.8 Å². The van der Waals surface area contributed by atoms with Crippen molar-refractivity contribution in [2.45, 2.75) is 99.0 Å². The molecule has 4 heterocycles. The Labute approximate surface area is 365 Å². The molecule has 3 aromatic carbocycles. The zero-order valence-electron chi connectivity index (χ0n) is 33.8. The van der Waals surface area contributed by atoms with Gasteiger partial charge in [0.15, 0.2) is 29.7 Å². The molecule has 0 spiro atoms. The molecule has 0 unspecified atom stereocenters. The molecule has 13 N–H and O–H groups in total. The predicted octanol–water partition coefficient (Wildman–Crippen LogP) is -2.24. The Morgan fingerprint density at radius 2 is 1.34 bits per heavy atom. The van der Waals surface area contributed by atoms with E-state index in [1.165, 1.54) is 49.4 Å². The van der Waals surface area contributed by atoms with E-state index in [4.69, 9.17) is 37.6 Å². The van der Waals surface area contributed by atoms with E-state index < -0.39 is 151 Å². The maximum absolute atomic E-state index is 14.4. The van der Waals surface area contributed by atoms with Gasteiger partial charge in [-0.15, -0.1) is 0 Å². The molecular formula is C42H46O23. The van der Waals surface area contributed by atoms with Crippen LogP contribution >= 0.6 is 0 Å². The van der Waals surface area contributed by atoms with Gasteiger partial charge in [-0.3, -0.25) is 4.79 Å². The molecule has 3 aliphatic heterocycles. The summed E-state index contributed by atoms with van der Waals surface area (Å²) in [4.78, 5) is 26.9. The van der Waals surface area contributed by atoms with E-state index in [1.807, 2.05) is 0 Å². The third-order valence-electron chi connectivity index (χ3n) is 10.9. The first-order chi connectivity index (χ1) is 30.9. The van der Waals surface area contributed by atoms with Crippen LogP contribution in [0.3, 0.4) is 0 Å². The lowest BCUT2D eigenvalue weighted by molar-refractivity contribution is -0.358. The lowest BCUT2D eigenvalue weighted by Gasteiger charge is -2.45. The van der Waals surface area contributed by atoms with Crippen LogP contribution in [0.4, 0.5) is 0 Å². The van der Waals surface area contributed by atoms with Gasteiger partial charge in [0, 0.05) is 23.8 Å². The molecule has 4 aromatic rings. The molecule has 3 aliphatic rings. The minimum absolute atomic E-state index is 0.0590. The number of aliphatic hydroxyl groups is 9. The van der Waals surface area contributed by atoms with Gasteiger partial charge in [0.25, 0.3) is 0 Å². The maximum atomic E-state index is 14.4. The molecule has 7 rings (SSSR count). The normalized spacial score (nSPS) is 32.9. The fraction of sp³-hybridized carbons (Fsp3) is 0.429. The van der Waals surface area contributed by atoms with Gasteiger partial charge < -0.3 is 104 Å². The van der Waals surface area contributed by atoms with Crippen LogP contribution in [-0.2, 0) is 28.5 Å². The molecule has 3 saturated heterocycles. The van der Waals surface area contributed by atoms with E-state index in [2.05, 4.69) is 0 Å². The van der Waals surface area contributed by atoms with Gasteiger partial charge >= 0.3 is 5.97 Å². The molecular weight excluding hydrogens is 872 g/mol. The Balaban J connectivity index is 1.18. The summed E-state index contributed by atoms with van der Waals surface area (Å²) < 4.78 is 45.6. The van der Waals surface area contributed by atoms with Gasteiger partial charge in [0.1, 0.15) is 95.9 Å². The van der Waals surface area contributed by atoms with Gasteiger partial charge in [-0.1, -0.05) is 6.07 Å². The van der Waals surface area contributed by atoms with Crippen LogP contribution in [0.15, 0.2) is 69.9 Å². The molecule has 15 atom stereocenters. The minimum Gasteiger partial charge on any atom is -0.508 e. The van der Waals surface area contributed by atoms with Crippen molar-refractivity contribution in [3.63, 3.8) is 0 Å². The highest BCUT2D eigenvalue weighted by Gasteiger charge is 2.52. The molecule has 0 radical (unpaired) electrons. The standard InChI is InChI=1S/C42H46O23/c1-15-28(49)32(53)35(56)40(59-15)60-19-11-22(47)27-23(12-19)61-37(17-4-6-18(44)7-5-17)38(31(27)52)64-42-39(34(55)29(50)24(13-43)62-42)65-41-36(57)33(54)30(51)25(63-41)14-58-26(48)9-3-16-2-8-20(45)21(46)10-16/h2-12,15,24-25,28-30,32-36,39-47,49-51,53-57H,13-14H2,1H3/b9-3+/t15-,24+,25+,28-,29+,30+,32+,33-,34-,35+,36+,39+,40-,41-,42-/m0/s1. The Bertz CT molecular complexity index is 2400. The largest absolute Gasteiger partial charge is 0.508 e. The van der Waals surface area contributed by atoms with Crippen molar-refractivity contribution < 1.29 is 109 Å². The second-order valence-electron chi connectivity index (χ2n) is 15.4. The topological polar surface area (TPSA) is 375 Å². The van der Waals surface area contributed by atoms with Gasteiger partial charge in [-0.2, -0.15) is 0 Å². The smallest absolute Gasteiger partial charge is 0.330 e. The highest BCUT2D eigenvalue weighted by atomic mass is 16.8. The summed E-state index contributed by atoms with van der Waals surface area (Å²) in [5.74, 6) is -4.21. The molecule has 23 heteroatoms. The number of aliphatic hydroxyl groups excluding tert-OH is 9. The summed E-state index contributed by atoms with van der Waals surface area (Å²) >= 11 is 0. The molecule has 0 saturated carbocycles. The van der Waals surface area contributed by atoms with Crippen LogP contribution in [0, 0.1) is 0 Å². The average Bonchev–Trinajstić information content (AvgIpc) is 3.27. The van der Waals surface area contributed by atoms with E-state index in [9.17, 15) is 76.0 Å². The predicted molar refractivity (Wildman–Crippen MR) is 214 cm³/mol. The van der Waals surface area contributed by atoms with Crippen molar-refractivity contribution in [3.8, 4) is 45.8 Å². The second kappa shape index (κ2) is 19.4. The first kappa shape index (κ1) is 47.3. The molecule has 1 aromatic heterocycles. The van der Waals surface area contributed by atoms with Crippen LogP contribution in [0.1, 0.15) is 12.5 Å². The Morgan fingerprint density at radius 1 is 0.677 bits per heavy atom. The number of esters is 1. The molecule has 3 fully saturated rings. The summed E-state index contributed by atoms with van der Waals surface area (Å²) in [5.41, 5.74) is -1.10. The Kier molecular flexibility index (Phi) is 14.2.